The molecule has 0 aliphatic rings. The molecule has 1 aromatic carbocycles. The van der Waals surface area contributed by atoms with Crippen molar-refractivity contribution in [3.63, 3.8) is 0 Å². The normalized spacial score (nSPS) is 13.1. The topological polar surface area (TPSA) is 46.2 Å². The molecule has 1 aromatic rings. The lowest BCUT2D eigenvalue weighted by Gasteiger charge is -2.18. The molecule has 0 radical (unpaired) electrons. The first-order chi connectivity index (χ1) is 7.29. The Bertz CT molecular complexity index is 399. The van der Waals surface area contributed by atoms with Crippen LogP contribution in [0.5, 0.6) is 5.75 Å². The zero-order chi connectivity index (χ0) is 12.5. The molecule has 1 atom stereocenters. The number of rotatable bonds is 2. The van der Waals surface area contributed by atoms with Crippen LogP contribution in [0.1, 0.15) is 17.2 Å². The SMILES string of the molecule is Cl.N[C@@H](CF)c1c(C(F)(F)F)ccc(Br)c1O. The highest BCUT2D eigenvalue weighted by molar-refractivity contribution is 9.10. The summed E-state index contributed by atoms with van der Waals surface area (Å²) >= 11 is 2.85. The first-order valence-electron chi connectivity index (χ1n) is 4.19. The van der Waals surface area contributed by atoms with Gasteiger partial charge in [-0.15, -0.1) is 12.4 Å². The number of hydrogen-bond acceptors (Lipinski definition) is 2. The second kappa shape index (κ2) is 5.88. The minimum Gasteiger partial charge on any atom is -0.506 e. The van der Waals surface area contributed by atoms with E-state index >= 15 is 0 Å². The molecule has 0 unspecified atom stereocenters. The van der Waals surface area contributed by atoms with Crippen LogP contribution in [0, 0.1) is 0 Å². The lowest BCUT2D eigenvalue weighted by Crippen LogP contribution is -2.19. The number of phenols is 1. The molecule has 0 bridgehead atoms. The summed E-state index contributed by atoms with van der Waals surface area (Å²) in [6.45, 7) is -1.19. The molecule has 0 saturated heterocycles. The van der Waals surface area contributed by atoms with Gasteiger partial charge in [-0.25, -0.2) is 4.39 Å². The number of alkyl halides is 4. The minimum atomic E-state index is -4.68. The van der Waals surface area contributed by atoms with Crippen LogP contribution < -0.4 is 5.73 Å². The molecule has 0 aliphatic carbocycles. The first-order valence-corrected chi connectivity index (χ1v) is 4.98. The molecule has 0 fully saturated rings. The molecular formula is C9H9BrClF4NO. The van der Waals surface area contributed by atoms with Gasteiger partial charge in [-0.2, -0.15) is 13.2 Å². The van der Waals surface area contributed by atoms with Crippen LogP contribution in [0.15, 0.2) is 16.6 Å². The van der Waals surface area contributed by atoms with Crippen LogP contribution in [-0.4, -0.2) is 11.8 Å². The summed E-state index contributed by atoms with van der Waals surface area (Å²) in [5.74, 6) is -0.681. The van der Waals surface area contributed by atoms with Gasteiger partial charge < -0.3 is 10.8 Å². The van der Waals surface area contributed by atoms with E-state index < -0.39 is 35.8 Å². The van der Waals surface area contributed by atoms with Gasteiger partial charge in [0, 0.05) is 5.56 Å². The fourth-order valence-electron chi connectivity index (χ4n) is 1.28. The van der Waals surface area contributed by atoms with E-state index in [-0.39, 0.29) is 16.9 Å². The van der Waals surface area contributed by atoms with Crippen molar-refractivity contribution < 1.29 is 22.7 Å². The molecule has 8 heteroatoms. The van der Waals surface area contributed by atoms with Crippen molar-refractivity contribution in [1.82, 2.24) is 0 Å². The van der Waals surface area contributed by atoms with Crippen LogP contribution in [0.4, 0.5) is 17.6 Å². The zero-order valence-corrected chi connectivity index (χ0v) is 10.7. The predicted octanol–water partition coefficient (Wildman–Crippen LogP) is 3.56. The number of nitrogens with two attached hydrogens (primary N) is 1. The van der Waals surface area contributed by atoms with Crippen LogP contribution in [0.2, 0.25) is 0 Å². The highest BCUT2D eigenvalue weighted by atomic mass is 79.9. The van der Waals surface area contributed by atoms with Gasteiger partial charge in [-0.1, -0.05) is 0 Å². The molecule has 98 valence electrons. The van der Waals surface area contributed by atoms with E-state index in [1.807, 2.05) is 0 Å². The average Bonchev–Trinajstić information content (AvgIpc) is 2.19. The Hall–Kier alpha value is -0.530. The fourth-order valence-corrected chi connectivity index (χ4v) is 1.63. The highest BCUT2D eigenvalue weighted by Crippen LogP contribution is 2.41. The van der Waals surface area contributed by atoms with Gasteiger partial charge in [0.25, 0.3) is 0 Å². The van der Waals surface area contributed by atoms with Crippen molar-refractivity contribution in [2.24, 2.45) is 5.73 Å². The molecule has 3 N–H and O–H groups in total. The quantitative estimate of drug-likeness (QED) is 0.810. The van der Waals surface area contributed by atoms with Crippen LogP contribution in [0.3, 0.4) is 0 Å². The summed E-state index contributed by atoms with van der Waals surface area (Å²) in [6, 6.07) is 0.274. The Kier molecular flexibility index (Phi) is 5.70. The Balaban J connectivity index is 0.00000256. The van der Waals surface area contributed by atoms with Gasteiger partial charge in [0.05, 0.1) is 16.1 Å². The maximum atomic E-state index is 12.6. The Morgan fingerprint density at radius 2 is 1.88 bits per heavy atom. The van der Waals surface area contributed by atoms with Gasteiger partial charge in [-0.05, 0) is 28.1 Å². The standard InChI is InChI=1S/C9H8BrF4NO.ClH/c10-5-2-1-4(9(12,13)14)7(8(5)16)6(15)3-11;/h1-2,6,16H,3,15H2;1H/t6-;/m0./s1. The predicted molar refractivity (Wildman–Crippen MR) is 61.0 cm³/mol. The average molecular weight is 339 g/mol. The fraction of sp³-hybridized carbons (Fsp3) is 0.333. The van der Waals surface area contributed by atoms with Crippen LogP contribution in [0.25, 0.3) is 0 Å². The molecular weight excluding hydrogens is 329 g/mol. The van der Waals surface area contributed by atoms with Gasteiger partial charge in [0.2, 0.25) is 0 Å². The lowest BCUT2D eigenvalue weighted by atomic mass is 10.00. The zero-order valence-electron chi connectivity index (χ0n) is 8.26. The molecule has 0 aromatic heterocycles. The first kappa shape index (κ1) is 16.5. The smallest absolute Gasteiger partial charge is 0.416 e. The van der Waals surface area contributed by atoms with Crippen molar-refractivity contribution in [2.45, 2.75) is 12.2 Å². The van der Waals surface area contributed by atoms with Gasteiger partial charge in [0.1, 0.15) is 12.4 Å². The molecule has 17 heavy (non-hydrogen) atoms. The van der Waals surface area contributed by atoms with Crippen molar-refractivity contribution >= 4 is 28.3 Å². The molecule has 0 heterocycles. The van der Waals surface area contributed by atoms with E-state index in [1.165, 1.54) is 0 Å². The van der Waals surface area contributed by atoms with Crippen molar-refractivity contribution in [2.75, 3.05) is 6.67 Å². The second-order valence-corrected chi connectivity index (χ2v) is 3.97. The molecule has 2 nitrogen and oxygen atoms in total. The Morgan fingerprint density at radius 1 is 1.35 bits per heavy atom. The van der Waals surface area contributed by atoms with Crippen LogP contribution >= 0.6 is 28.3 Å². The molecule has 0 amide bonds. The maximum absolute atomic E-state index is 12.6. The minimum absolute atomic E-state index is 0. The lowest BCUT2D eigenvalue weighted by molar-refractivity contribution is -0.138. The van der Waals surface area contributed by atoms with Gasteiger partial charge >= 0.3 is 6.18 Å². The van der Waals surface area contributed by atoms with E-state index in [2.05, 4.69) is 15.9 Å². The van der Waals surface area contributed by atoms with E-state index in [0.717, 1.165) is 12.1 Å². The van der Waals surface area contributed by atoms with E-state index in [0.29, 0.717) is 0 Å². The van der Waals surface area contributed by atoms with Crippen LogP contribution in [-0.2, 0) is 6.18 Å². The number of phenolic OH excluding ortho intramolecular Hbond substituents is 1. The summed E-state index contributed by atoms with van der Waals surface area (Å²) in [4.78, 5) is 0. The summed E-state index contributed by atoms with van der Waals surface area (Å²) in [5.41, 5.74) is 3.44. The Labute approximate surface area is 109 Å². The van der Waals surface area contributed by atoms with Crippen molar-refractivity contribution in [1.29, 1.82) is 0 Å². The molecule has 0 saturated carbocycles. The third kappa shape index (κ3) is 3.46. The molecule has 1 rings (SSSR count). The summed E-state index contributed by atoms with van der Waals surface area (Å²) in [7, 11) is 0. The number of halogens is 6. The second-order valence-electron chi connectivity index (χ2n) is 3.12. The number of benzene rings is 1. The summed E-state index contributed by atoms with van der Waals surface area (Å²) in [5, 5.41) is 9.45. The van der Waals surface area contributed by atoms with Crippen molar-refractivity contribution in [3.8, 4) is 5.75 Å². The third-order valence-electron chi connectivity index (χ3n) is 2.01. The number of aromatic hydroxyl groups is 1. The van der Waals surface area contributed by atoms with E-state index in [1.54, 1.807) is 0 Å². The maximum Gasteiger partial charge on any atom is 0.416 e. The van der Waals surface area contributed by atoms with E-state index in [9.17, 15) is 22.7 Å². The van der Waals surface area contributed by atoms with Crippen molar-refractivity contribution in [3.05, 3.63) is 27.7 Å². The number of hydrogen-bond donors (Lipinski definition) is 2. The monoisotopic (exact) mass is 337 g/mol. The summed E-state index contributed by atoms with van der Waals surface area (Å²) in [6.07, 6.45) is -4.68. The van der Waals surface area contributed by atoms with Gasteiger partial charge in [0.15, 0.2) is 0 Å². The molecule has 0 spiro atoms. The largest absolute Gasteiger partial charge is 0.506 e. The molecule has 0 aliphatic heterocycles. The van der Waals surface area contributed by atoms with E-state index in [4.69, 9.17) is 5.73 Å². The highest BCUT2D eigenvalue weighted by Gasteiger charge is 2.36. The summed E-state index contributed by atoms with van der Waals surface area (Å²) < 4.78 is 50.0. The third-order valence-corrected chi connectivity index (χ3v) is 2.65. The Morgan fingerprint density at radius 3 is 2.29 bits per heavy atom. The van der Waals surface area contributed by atoms with Gasteiger partial charge in [-0.3, -0.25) is 0 Å².